The zero-order valence-electron chi connectivity index (χ0n) is 17.9. The molecule has 2 aromatic rings. The Labute approximate surface area is 194 Å². The van der Waals surface area contributed by atoms with Crippen molar-refractivity contribution in [3.8, 4) is 23.0 Å². The van der Waals surface area contributed by atoms with E-state index in [4.69, 9.17) is 18.9 Å². The zero-order valence-corrected chi connectivity index (χ0v) is 18.7. The maximum Gasteiger partial charge on any atom is 0.293 e. The second-order valence-corrected chi connectivity index (χ2v) is 7.96. The highest BCUT2D eigenvalue weighted by Gasteiger charge is 2.34. The summed E-state index contributed by atoms with van der Waals surface area (Å²) in [5.74, 6) is 1.48. The summed E-state index contributed by atoms with van der Waals surface area (Å²) in [5, 5.41) is 2.27. The predicted molar refractivity (Wildman–Crippen MR) is 121 cm³/mol. The van der Waals surface area contributed by atoms with Gasteiger partial charge in [-0.15, -0.1) is 0 Å². The number of carbonyl (C=O) groups excluding carboxylic acids is 3. The van der Waals surface area contributed by atoms with Gasteiger partial charge in [0.2, 0.25) is 6.79 Å². The molecule has 2 heterocycles. The molecule has 2 aromatic carbocycles. The number of rotatable bonds is 9. The van der Waals surface area contributed by atoms with Gasteiger partial charge in [-0.2, -0.15) is 0 Å². The maximum absolute atomic E-state index is 12.6. The van der Waals surface area contributed by atoms with E-state index in [2.05, 4.69) is 5.32 Å². The summed E-state index contributed by atoms with van der Waals surface area (Å²) in [6.07, 6.45) is 1.63. The van der Waals surface area contributed by atoms with Crippen molar-refractivity contribution >= 4 is 34.9 Å². The van der Waals surface area contributed by atoms with Crippen molar-refractivity contribution in [2.45, 2.75) is 6.92 Å². The molecule has 0 radical (unpaired) electrons. The number of benzene rings is 2. The van der Waals surface area contributed by atoms with Crippen molar-refractivity contribution in [3.63, 3.8) is 0 Å². The van der Waals surface area contributed by atoms with Gasteiger partial charge in [-0.1, -0.05) is 18.2 Å². The van der Waals surface area contributed by atoms with Crippen LogP contribution in [0.25, 0.3) is 6.08 Å². The molecule has 3 amide bonds. The highest BCUT2D eigenvalue weighted by molar-refractivity contribution is 8.18. The number of hydrogen-bond donors (Lipinski definition) is 1. The first-order chi connectivity index (χ1) is 16.0. The molecular formula is C23H22N2O7S. The fourth-order valence-electron chi connectivity index (χ4n) is 3.19. The molecule has 4 rings (SSSR count). The SMILES string of the molecule is CCOc1ccccc1OCC(=O)NCCN1C(=O)S/C(=C\c2ccc3c(c2)OCO3)C1=O. The van der Waals surface area contributed by atoms with Crippen molar-refractivity contribution < 1.29 is 33.3 Å². The molecule has 0 bridgehead atoms. The number of ether oxygens (including phenoxy) is 4. The molecule has 0 atom stereocenters. The van der Waals surface area contributed by atoms with E-state index in [1.807, 2.05) is 13.0 Å². The maximum atomic E-state index is 12.6. The van der Waals surface area contributed by atoms with E-state index >= 15 is 0 Å². The van der Waals surface area contributed by atoms with Crippen molar-refractivity contribution in [1.29, 1.82) is 0 Å². The number of fused-ring (bicyclic) bond motifs is 1. The molecule has 0 unspecified atom stereocenters. The summed E-state index contributed by atoms with van der Waals surface area (Å²) in [5.41, 5.74) is 0.725. The molecule has 0 saturated carbocycles. The Morgan fingerprint density at radius 3 is 2.67 bits per heavy atom. The summed E-state index contributed by atoms with van der Waals surface area (Å²) in [6, 6.07) is 12.4. The lowest BCUT2D eigenvalue weighted by molar-refractivity contribution is -0.125. The minimum atomic E-state index is -0.404. The van der Waals surface area contributed by atoms with Gasteiger partial charge in [0.15, 0.2) is 29.6 Å². The number of amides is 3. The van der Waals surface area contributed by atoms with Crippen LogP contribution in [-0.2, 0) is 9.59 Å². The third-order valence-corrected chi connectivity index (χ3v) is 5.64. The van der Waals surface area contributed by atoms with Crippen molar-refractivity contribution in [1.82, 2.24) is 10.2 Å². The van der Waals surface area contributed by atoms with Crippen LogP contribution in [0.4, 0.5) is 4.79 Å². The molecule has 1 saturated heterocycles. The van der Waals surface area contributed by atoms with Crippen LogP contribution in [0.15, 0.2) is 47.4 Å². The third-order valence-electron chi connectivity index (χ3n) is 4.73. The Morgan fingerprint density at radius 1 is 1.12 bits per heavy atom. The van der Waals surface area contributed by atoms with E-state index in [9.17, 15) is 14.4 Å². The normalized spacial score (nSPS) is 15.8. The van der Waals surface area contributed by atoms with Crippen LogP contribution in [-0.4, -0.2) is 55.0 Å². The molecule has 33 heavy (non-hydrogen) atoms. The minimum Gasteiger partial charge on any atom is -0.490 e. The van der Waals surface area contributed by atoms with Gasteiger partial charge < -0.3 is 24.3 Å². The first-order valence-corrected chi connectivity index (χ1v) is 11.1. The van der Waals surface area contributed by atoms with E-state index in [0.29, 0.717) is 34.5 Å². The topological polar surface area (TPSA) is 103 Å². The molecular weight excluding hydrogens is 448 g/mol. The van der Waals surface area contributed by atoms with E-state index < -0.39 is 5.91 Å². The Balaban J connectivity index is 1.27. The Kier molecular flexibility index (Phi) is 7.04. The Hall–Kier alpha value is -3.66. The van der Waals surface area contributed by atoms with Gasteiger partial charge in [0.1, 0.15) is 0 Å². The smallest absolute Gasteiger partial charge is 0.293 e. The number of carbonyl (C=O) groups is 3. The number of nitrogens with zero attached hydrogens (tertiary/aromatic N) is 1. The molecule has 2 aliphatic heterocycles. The Morgan fingerprint density at radius 2 is 1.88 bits per heavy atom. The molecule has 0 aromatic heterocycles. The minimum absolute atomic E-state index is 0.0599. The number of imide groups is 1. The van der Waals surface area contributed by atoms with Crippen LogP contribution in [0.3, 0.4) is 0 Å². The molecule has 172 valence electrons. The van der Waals surface area contributed by atoms with E-state index in [1.54, 1.807) is 42.5 Å². The molecule has 0 spiro atoms. The second kappa shape index (κ2) is 10.3. The summed E-state index contributed by atoms with van der Waals surface area (Å²) in [4.78, 5) is 38.5. The van der Waals surface area contributed by atoms with Gasteiger partial charge in [0.25, 0.3) is 17.1 Å². The van der Waals surface area contributed by atoms with Crippen molar-refractivity contribution in [2.75, 3.05) is 33.1 Å². The number of hydrogen-bond acceptors (Lipinski definition) is 8. The van der Waals surface area contributed by atoms with Crippen LogP contribution in [0.5, 0.6) is 23.0 Å². The molecule has 2 aliphatic rings. The largest absolute Gasteiger partial charge is 0.490 e. The van der Waals surface area contributed by atoms with Crippen molar-refractivity contribution in [3.05, 3.63) is 52.9 Å². The quantitative estimate of drug-likeness (QED) is 0.558. The second-order valence-electron chi connectivity index (χ2n) is 6.96. The lowest BCUT2D eigenvalue weighted by Crippen LogP contribution is -2.38. The zero-order chi connectivity index (χ0) is 23.2. The average molecular weight is 471 g/mol. The van der Waals surface area contributed by atoms with Gasteiger partial charge in [-0.25, -0.2) is 0 Å². The molecule has 0 aliphatic carbocycles. The summed E-state index contributed by atoms with van der Waals surface area (Å²) < 4.78 is 21.6. The van der Waals surface area contributed by atoms with E-state index in [0.717, 1.165) is 22.2 Å². The first kappa shape index (κ1) is 22.5. The van der Waals surface area contributed by atoms with Gasteiger partial charge in [0.05, 0.1) is 11.5 Å². The molecule has 1 N–H and O–H groups in total. The molecule has 10 heteroatoms. The standard InChI is InChI=1S/C23H22N2O7S/c1-2-29-16-5-3-4-6-17(16)30-13-21(26)24-9-10-25-22(27)20(33-23(25)28)12-15-7-8-18-19(11-15)32-14-31-18/h3-8,11-12H,2,9-10,13-14H2,1H3,(H,24,26)/b20-12-. The van der Waals surface area contributed by atoms with Crippen LogP contribution in [0, 0.1) is 0 Å². The van der Waals surface area contributed by atoms with Gasteiger partial charge >= 0.3 is 0 Å². The fourth-order valence-corrected chi connectivity index (χ4v) is 4.06. The molecule has 9 nitrogen and oxygen atoms in total. The van der Waals surface area contributed by atoms with Crippen molar-refractivity contribution in [2.24, 2.45) is 0 Å². The number of para-hydroxylation sites is 2. The average Bonchev–Trinajstić information content (AvgIpc) is 3.38. The lowest BCUT2D eigenvalue weighted by atomic mass is 10.2. The fraction of sp³-hybridized carbons (Fsp3) is 0.261. The van der Waals surface area contributed by atoms with Crippen LogP contribution in [0.1, 0.15) is 12.5 Å². The van der Waals surface area contributed by atoms with Crippen LogP contribution >= 0.6 is 11.8 Å². The predicted octanol–water partition coefficient (Wildman–Crippen LogP) is 3.05. The summed E-state index contributed by atoms with van der Waals surface area (Å²) in [7, 11) is 0. The highest BCUT2D eigenvalue weighted by Crippen LogP contribution is 2.36. The van der Waals surface area contributed by atoms with E-state index in [-0.39, 0.29) is 37.6 Å². The molecule has 1 fully saturated rings. The summed E-state index contributed by atoms with van der Waals surface area (Å²) in [6.45, 7) is 2.46. The van der Waals surface area contributed by atoms with Gasteiger partial charge in [-0.3, -0.25) is 19.3 Å². The van der Waals surface area contributed by atoms with Gasteiger partial charge in [0, 0.05) is 13.1 Å². The third kappa shape index (κ3) is 5.40. The van der Waals surface area contributed by atoms with Crippen LogP contribution < -0.4 is 24.3 Å². The lowest BCUT2D eigenvalue weighted by Gasteiger charge is -2.14. The highest BCUT2D eigenvalue weighted by atomic mass is 32.2. The Bertz CT molecular complexity index is 1100. The number of thioether (sulfide) groups is 1. The number of nitrogens with one attached hydrogen (secondary N) is 1. The van der Waals surface area contributed by atoms with Crippen LogP contribution in [0.2, 0.25) is 0 Å². The summed E-state index contributed by atoms with van der Waals surface area (Å²) >= 11 is 0.858. The monoisotopic (exact) mass is 470 g/mol. The van der Waals surface area contributed by atoms with Gasteiger partial charge in [-0.05, 0) is 54.6 Å². The van der Waals surface area contributed by atoms with E-state index in [1.165, 1.54) is 0 Å². The first-order valence-electron chi connectivity index (χ1n) is 10.3.